The highest BCUT2D eigenvalue weighted by molar-refractivity contribution is 5.91. The maximum Gasteiger partial charge on any atom is 0.345 e. The first kappa shape index (κ1) is 18.9. The van der Waals surface area contributed by atoms with Gasteiger partial charge < -0.3 is 10.2 Å². The first-order valence-corrected chi connectivity index (χ1v) is 10.0. The Morgan fingerprint density at radius 2 is 1.96 bits per heavy atom. The Bertz CT molecular complexity index is 762. The summed E-state index contributed by atoms with van der Waals surface area (Å²) in [5, 5.41) is 4.15. The number of urea groups is 1. The second-order valence-corrected chi connectivity index (χ2v) is 8.51. The van der Waals surface area contributed by atoms with Gasteiger partial charge in [-0.2, -0.15) is 5.06 Å². The van der Waals surface area contributed by atoms with Gasteiger partial charge >= 0.3 is 6.03 Å². The fourth-order valence-electron chi connectivity index (χ4n) is 4.02. The van der Waals surface area contributed by atoms with Gasteiger partial charge in [-0.25, -0.2) is 4.79 Å². The van der Waals surface area contributed by atoms with Gasteiger partial charge in [-0.15, -0.1) is 0 Å². The molecule has 2 aliphatic heterocycles. The minimum atomic E-state index is -0.529. The summed E-state index contributed by atoms with van der Waals surface area (Å²) in [6, 6.07) is 8.85. The molecule has 3 amide bonds. The van der Waals surface area contributed by atoms with E-state index in [1.54, 1.807) is 4.90 Å². The lowest BCUT2D eigenvalue weighted by Gasteiger charge is -2.29. The van der Waals surface area contributed by atoms with Crippen molar-refractivity contribution in [1.29, 1.82) is 0 Å². The van der Waals surface area contributed by atoms with Gasteiger partial charge in [-0.3, -0.25) is 14.4 Å². The predicted octanol–water partition coefficient (Wildman–Crippen LogP) is 2.26. The van der Waals surface area contributed by atoms with Gasteiger partial charge in [0.05, 0.1) is 12.6 Å². The second-order valence-electron chi connectivity index (χ2n) is 8.51. The molecular formula is C21H27N3O4. The number of carbonyl (C=O) groups excluding carboxylic acids is 3. The molecule has 0 unspecified atom stereocenters. The van der Waals surface area contributed by atoms with Gasteiger partial charge in [-0.05, 0) is 36.7 Å². The average Bonchev–Trinajstić information content (AvgIpc) is 3.37. The Hall–Kier alpha value is -2.41. The van der Waals surface area contributed by atoms with Crippen LogP contribution in [0.3, 0.4) is 0 Å². The summed E-state index contributed by atoms with van der Waals surface area (Å²) in [6.45, 7) is 2.95. The van der Waals surface area contributed by atoms with Crippen LogP contribution in [0.25, 0.3) is 0 Å². The zero-order chi connectivity index (χ0) is 19.7. The van der Waals surface area contributed by atoms with Crippen LogP contribution in [-0.2, 0) is 21.0 Å². The van der Waals surface area contributed by atoms with Crippen molar-refractivity contribution in [3.05, 3.63) is 35.9 Å². The van der Waals surface area contributed by atoms with Gasteiger partial charge in [0.1, 0.15) is 12.6 Å². The predicted molar refractivity (Wildman–Crippen MR) is 102 cm³/mol. The van der Waals surface area contributed by atoms with Crippen molar-refractivity contribution < 1.29 is 19.2 Å². The van der Waals surface area contributed by atoms with Crippen LogP contribution in [0.5, 0.6) is 0 Å². The smallest absolute Gasteiger partial charge is 0.345 e. The first-order chi connectivity index (χ1) is 13.5. The molecule has 150 valence electrons. The number of ketones is 1. The Labute approximate surface area is 165 Å². The third kappa shape index (κ3) is 4.04. The van der Waals surface area contributed by atoms with Crippen LogP contribution in [0.4, 0.5) is 4.79 Å². The van der Waals surface area contributed by atoms with E-state index in [0.717, 1.165) is 18.4 Å². The van der Waals surface area contributed by atoms with Crippen molar-refractivity contribution in [3.8, 4) is 0 Å². The second kappa shape index (κ2) is 7.54. The molecule has 2 saturated heterocycles. The standard InChI is InChI=1S/C21H27N3O4/c1-21(9-10-21)11-17(25)12-22-19(26)18-8-7-16-13-23(18)20(27)24(16)28-14-15-5-3-2-4-6-15/h2-6,16,18H,7-14H2,1H3,(H,22,26)/t16-,18+/m1/s1. The average molecular weight is 385 g/mol. The quantitative estimate of drug-likeness (QED) is 0.745. The molecule has 1 aromatic rings. The summed E-state index contributed by atoms with van der Waals surface area (Å²) >= 11 is 0. The molecule has 1 aliphatic carbocycles. The fraction of sp³-hybridized carbons (Fsp3) is 0.571. The fourth-order valence-corrected chi connectivity index (χ4v) is 4.02. The summed E-state index contributed by atoms with van der Waals surface area (Å²) in [6.07, 6.45) is 3.97. The molecule has 4 rings (SSSR count). The lowest BCUT2D eigenvalue weighted by atomic mass is 9.99. The number of nitrogens with one attached hydrogen (secondary N) is 1. The Balaban J connectivity index is 1.29. The molecule has 28 heavy (non-hydrogen) atoms. The van der Waals surface area contributed by atoms with Crippen LogP contribution in [0.1, 0.15) is 44.6 Å². The van der Waals surface area contributed by atoms with E-state index < -0.39 is 6.04 Å². The normalized spacial score (nSPS) is 25.0. The number of Topliss-reactive ketones (excluding diaryl/α,β-unsaturated/α-hetero) is 1. The summed E-state index contributed by atoms with van der Waals surface area (Å²) in [5.41, 5.74) is 1.13. The topological polar surface area (TPSA) is 79.0 Å². The Kier molecular flexibility index (Phi) is 5.10. The third-order valence-corrected chi connectivity index (χ3v) is 6.03. The van der Waals surface area contributed by atoms with Gasteiger partial charge in [-0.1, -0.05) is 37.3 Å². The molecule has 0 aromatic heterocycles. The van der Waals surface area contributed by atoms with Crippen molar-refractivity contribution in [2.75, 3.05) is 13.1 Å². The molecule has 3 fully saturated rings. The molecule has 2 atom stereocenters. The van der Waals surface area contributed by atoms with Gasteiger partial charge in [0.25, 0.3) is 0 Å². The molecule has 0 radical (unpaired) electrons. The maximum absolute atomic E-state index is 12.7. The van der Waals surface area contributed by atoms with E-state index in [9.17, 15) is 14.4 Å². The van der Waals surface area contributed by atoms with Gasteiger partial charge in [0.2, 0.25) is 5.91 Å². The minimum Gasteiger partial charge on any atom is -0.347 e. The van der Waals surface area contributed by atoms with Crippen LogP contribution in [0, 0.1) is 5.41 Å². The molecule has 0 spiro atoms. The van der Waals surface area contributed by atoms with Crippen LogP contribution >= 0.6 is 0 Å². The number of carbonyl (C=O) groups is 3. The highest BCUT2D eigenvalue weighted by Gasteiger charge is 2.48. The highest BCUT2D eigenvalue weighted by Crippen LogP contribution is 2.48. The van der Waals surface area contributed by atoms with E-state index in [-0.39, 0.29) is 35.7 Å². The highest BCUT2D eigenvalue weighted by atomic mass is 16.7. The molecule has 1 N–H and O–H groups in total. The van der Waals surface area contributed by atoms with Crippen LogP contribution in [-0.4, -0.2) is 52.9 Å². The van der Waals surface area contributed by atoms with Gasteiger partial charge in [0, 0.05) is 13.0 Å². The molecule has 2 bridgehead atoms. The number of hydroxylamine groups is 2. The number of benzene rings is 1. The number of rotatable bonds is 8. The summed E-state index contributed by atoms with van der Waals surface area (Å²) < 4.78 is 0. The van der Waals surface area contributed by atoms with E-state index in [0.29, 0.717) is 32.4 Å². The number of piperidine rings is 1. The van der Waals surface area contributed by atoms with Crippen LogP contribution in [0.2, 0.25) is 0 Å². The SMILES string of the molecule is CC1(CC(=O)CNC(=O)[C@@H]2CC[C@@H]3CN2C(=O)N3OCc2ccccc2)CC1. The molecule has 7 heteroatoms. The maximum atomic E-state index is 12.7. The molecule has 3 aliphatic rings. The molecular weight excluding hydrogens is 358 g/mol. The van der Waals surface area contributed by atoms with Crippen LogP contribution in [0.15, 0.2) is 30.3 Å². The van der Waals surface area contributed by atoms with E-state index in [4.69, 9.17) is 4.84 Å². The minimum absolute atomic E-state index is 0.0308. The zero-order valence-corrected chi connectivity index (χ0v) is 16.2. The Morgan fingerprint density at radius 1 is 1.21 bits per heavy atom. The van der Waals surface area contributed by atoms with Crippen molar-refractivity contribution in [1.82, 2.24) is 15.3 Å². The van der Waals surface area contributed by atoms with E-state index in [2.05, 4.69) is 12.2 Å². The summed E-state index contributed by atoms with van der Waals surface area (Å²) in [7, 11) is 0. The number of fused-ring (bicyclic) bond motifs is 2. The molecule has 2 heterocycles. The number of hydrogen-bond donors (Lipinski definition) is 1. The first-order valence-electron chi connectivity index (χ1n) is 10.0. The van der Waals surface area contributed by atoms with Gasteiger partial charge in [0.15, 0.2) is 5.78 Å². The summed E-state index contributed by atoms with van der Waals surface area (Å²) in [4.78, 5) is 44.7. The van der Waals surface area contributed by atoms with E-state index >= 15 is 0 Å². The lowest BCUT2D eigenvalue weighted by molar-refractivity contribution is -0.140. The molecule has 7 nitrogen and oxygen atoms in total. The number of hydrogen-bond acceptors (Lipinski definition) is 4. The number of amides is 3. The summed E-state index contributed by atoms with van der Waals surface area (Å²) in [5.74, 6) is -0.186. The Morgan fingerprint density at radius 3 is 2.68 bits per heavy atom. The van der Waals surface area contributed by atoms with E-state index in [1.807, 2.05) is 30.3 Å². The van der Waals surface area contributed by atoms with E-state index in [1.165, 1.54) is 5.06 Å². The number of nitrogens with zero attached hydrogens (tertiary/aromatic N) is 2. The molecule has 1 saturated carbocycles. The van der Waals surface area contributed by atoms with Crippen LogP contribution < -0.4 is 5.32 Å². The zero-order valence-electron chi connectivity index (χ0n) is 16.2. The largest absolute Gasteiger partial charge is 0.347 e. The lowest BCUT2D eigenvalue weighted by Crippen LogP contribution is -2.50. The van der Waals surface area contributed by atoms with Crippen molar-refractivity contribution in [2.45, 2.75) is 57.7 Å². The van der Waals surface area contributed by atoms with Crippen molar-refractivity contribution >= 4 is 17.7 Å². The van der Waals surface area contributed by atoms with Crippen molar-refractivity contribution in [2.24, 2.45) is 5.41 Å². The monoisotopic (exact) mass is 385 g/mol. The molecule has 1 aromatic carbocycles. The third-order valence-electron chi connectivity index (χ3n) is 6.03. The van der Waals surface area contributed by atoms with Crippen molar-refractivity contribution in [3.63, 3.8) is 0 Å².